The van der Waals surface area contributed by atoms with E-state index in [9.17, 15) is 0 Å². The molecule has 3 heterocycles. The van der Waals surface area contributed by atoms with E-state index in [1.165, 1.54) is 70.8 Å². The van der Waals surface area contributed by atoms with Crippen LogP contribution in [-0.2, 0) is 0 Å². The molecule has 19 aromatic rings. The Morgan fingerprint density at radius 1 is 0.208 bits per heavy atom. The molecule has 0 atom stereocenters. The summed E-state index contributed by atoms with van der Waals surface area (Å²) in [6.45, 7) is 0. The summed E-state index contributed by atoms with van der Waals surface area (Å²) in [5, 5.41) is 11.9. The minimum atomic E-state index is 0.869. The Labute approximate surface area is 555 Å². The number of fused-ring (bicyclic) bond motifs is 11. The second-order valence-corrected chi connectivity index (χ2v) is 25.1. The molecule has 0 spiro atoms. The van der Waals surface area contributed by atoms with Crippen LogP contribution in [0.3, 0.4) is 0 Å². The Bertz CT molecular complexity index is 6220. The number of rotatable bonds is 11. The molecule has 0 aliphatic carbocycles. The van der Waals surface area contributed by atoms with Crippen molar-refractivity contribution in [1.29, 1.82) is 0 Å². The lowest BCUT2D eigenvalue weighted by atomic mass is 9.90. The third-order valence-corrected chi connectivity index (χ3v) is 19.7. The Balaban J connectivity index is 0.788. The molecular weight excluding hydrogens is 1160 g/mol. The summed E-state index contributed by atoms with van der Waals surface area (Å²) in [7, 11) is 0. The molecule has 96 heavy (non-hydrogen) atoms. The first-order chi connectivity index (χ1) is 47.6. The van der Waals surface area contributed by atoms with Gasteiger partial charge < -0.3 is 18.5 Å². The third kappa shape index (κ3) is 9.14. The van der Waals surface area contributed by atoms with E-state index >= 15 is 0 Å². The highest BCUT2D eigenvalue weighted by atomic mass is 16.3. The van der Waals surface area contributed by atoms with Crippen molar-refractivity contribution in [2.75, 3.05) is 4.90 Å². The number of hydrogen-bond donors (Lipinski definition) is 0. The summed E-state index contributed by atoms with van der Waals surface area (Å²) in [5.74, 6) is 0. The maximum atomic E-state index is 6.45. The van der Waals surface area contributed by atoms with Crippen molar-refractivity contribution in [3.63, 3.8) is 0 Å². The van der Waals surface area contributed by atoms with Crippen molar-refractivity contribution in [3.8, 4) is 78.1 Å². The predicted molar refractivity (Wildman–Crippen MR) is 405 cm³/mol. The molecule has 0 aliphatic heterocycles. The highest BCUT2D eigenvalue weighted by molar-refractivity contribution is 6.13. The Morgan fingerprint density at radius 2 is 0.688 bits per heavy atom. The zero-order valence-corrected chi connectivity index (χ0v) is 52.3. The average Bonchev–Trinajstić information content (AvgIpc) is 1.54. The lowest BCUT2D eigenvalue weighted by Crippen LogP contribution is -2.10. The molecule has 16 aromatic carbocycles. The van der Waals surface area contributed by atoms with Gasteiger partial charge in [-0.1, -0.05) is 243 Å². The van der Waals surface area contributed by atoms with Crippen LogP contribution in [-0.4, -0.2) is 9.13 Å². The van der Waals surface area contributed by atoms with Crippen LogP contribution >= 0.6 is 0 Å². The van der Waals surface area contributed by atoms with Gasteiger partial charge in [-0.25, -0.2) is 0 Å². The van der Waals surface area contributed by atoms with Crippen LogP contribution in [0.4, 0.5) is 17.1 Å². The van der Waals surface area contributed by atoms with Crippen LogP contribution in [0.1, 0.15) is 0 Å². The fraction of sp³-hybridized carbons (Fsp3) is 0. The Hall–Kier alpha value is -12.8. The molecule has 0 radical (unpaired) electrons. The smallest absolute Gasteiger partial charge is 0.135 e. The van der Waals surface area contributed by atoms with Gasteiger partial charge in [0, 0.05) is 60.6 Å². The third-order valence-electron chi connectivity index (χ3n) is 19.7. The summed E-state index contributed by atoms with van der Waals surface area (Å²) in [5.41, 5.74) is 25.6. The first-order valence-electron chi connectivity index (χ1n) is 32.9. The standard InChI is InChI=1S/C92H59N3O/c1-2-27-69(28-3-1)94-86-38-12-10-34-80(86)84-57-66(45-52-90(84)94)64-25-16-24-63(54-64)65-44-51-89(95-87-39-13-8-32-78(87)79-33-9-14-40-88(79)95)83(56-65)62-42-47-70(48-43-62)93(71-29-17-26-67(55-71)75-36-18-22-60-20-4-6-30-73(60)75)72-49-50-77(76-37-19-23-61-21-5-7-31-74(61)76)82(59-72)68-46-53-92-85(58-68)81-35-11-15-41-91(81)96-92/h1-59H. The zero-order chi connectivity index (χ0) is 63.2. The van der Waals surface area contributed by atoms with E-state index < -0.39 is 0 Å². The van der Waals surface area contributed by atoms with E-state index in [1.807, 2.05) is 6.07 Å². The quantitative estimate of drug-likeness (QED) is 0.129. The minimum Gasteiger partial charge on any atom is -0.456 e. The Morgan fingerprint density at radius 3 is 1.43 bits per heavy atom. The number of benzene rings is 16. The minimum absolute atomic E-state index is 0.869. The molecule has 0 bridgehead atoms. The molecule has 0 fully saturated rings. The number of hydrogen-bond acceptors (Lipinski definition) is 2. The van der Waals surface area contributed by atoms with Gasteiger partial charge in [0.25, 0.3) is 0 Å². The second kappa shape index (κ2) is 22.5. The van der Waals surface area contributed by atoms with E-state index in [1.54, 1.807) is 0 Å². The second-order valence-electron chi connectivity index (χ2n) is 25.1. The van der Waals surface area contributed by atoms with Gasteiger partial charge in [0.05, 0.1) is 27.8 Å². The van der Waals surface area contributed by atoms with Crippen molar-refractivity contribution in [1.82, 2.24) is 9.13 Å². The van der Waals surface area contributed by atoms with Crippen LogP contribution in [0.5, 0.6) is 0 Å². The topological polar surface area (TPSA) is 26.2 Å². The van der Waals surface area contributed by atoms with E-state index in [4.69, 9.17) is 4.42 Å². The largest absolute Gasteiger partial charge is 0.456 e. The summed E-state index contributed by atoms with van der Waals surface area (Å²) < 4.78 is 11.3. The number of nitrogens with zero attached hydrogens (tertiary/aromatic N) is 3. The summed E-state index contributed by atoms with van der Waals surface area (Å²) >= 11 is 0. The van der Waals surface area contributed by atoms with Crippen LogP contribution in [0.2, 0.25) is 0 Å². The van der Waals surface area contributed by atoms with Gasteiger partial charge in [0.15, 0.2) is 0 Å². The maximum Gasteiger partial charge on any atom is 0.135 e. The SMILES string of the molecule is c1ccc(-n2c3ccccc3c3cc(-c4cccc(-c5ccc(-n6c7ccccc7c7ccccc76)c(-c6ccc(N(c7cccc(-c8cccc9ccccc89)c7)c7ccc(-c8cccc9ccccc89)c(-c8ccc9oc%10ccccc%10c9c8)c7)cc6)c5)c4)ccc32)cc1. The van der Waals surface area contributed by atoms with E-state index in [0.29, 0.717) is 0 Å². The van der Waals surface area contributed by atoms with E-state index in [0.717, 1.165) is 111 Å². The van der Waals surface area contributed by atoms with Crippen molar-refractivity contribution >= 4 is 104 Å². The van der Waals surface area contributed by atoms with Gasteiger partial charge in [-0.15, -0.1) is 0 Å². The summed E-state index contributed by atoms with van der Waals surface area (Å²) in [6.07, 6.45) is 0. The van der Waals surface area contributed by atoms with Crippen molar-refractivity contribution in [3.05, 3.63) is 358 Å². The predicted octanol–water partition coefficient (Wildman–Crippen LogP) is 25.6. The van der Waals surface area contributed by atoms with E-state index in [-0.39, 0.29) is 0 Å². The normalized spacial score (nSPS) is 11.8. The molecule has 0 N–H and O–H groups in total. The molecule has 0 saturated heterocycles. The highest BCUT2D eigenvalue weighted by Crippen LogP contribution is 2.47. The monoisotopic (exact) mass is 1220 g/mol. The fourth-order valence-electron chi connectivity index (χ4n) is 15.2. The van der Waals surface area contributed by atoms with Gasteiger partial charge in [-0.3, -0.25) is 0 Å². The Kier molecular flexibility index (Phi) is 12.9. The number of furan rings is 1. The molecule has 4 nitrogen and oxygen atoms in total. The highest BCUT2D eigenvalue weighted by Gasteiger charge is 2.23. The molecule has 3 aromatic heterocycles. The number of aromatic nitrogens is 2. The number of para-hydroxylation sites is 5. The van der Waals surface area contributed by atoms with Crippen molar-refractivity contribution in [2.24, 2.45) is 0 Å². The van der Waals surface area contributed by atoms with Crippen LogP contribution in [0.25, 0.3) is 165 Å². The molecule has 0 saturated carbocycles. The van der Waals surface area contributed by atoms with Crippen molar-refractivity contribution < 1.29 is 4.42 Å². The van der Waals surface area contributed by atoms with Crippen LogP contribution in [0.15, 0.2) is 362 Å². The molecule has 448 valence electrons. The molecule has 0 unspecified atom stereocenters. The molecule has 0 amide bonds. The van der Waals surface area contributed by atoms with Gasteiger partial charge in [-0.05, 0) is 198 Å². The van der Waals surface area contributed by atoms with Gasteiger partial charge >= 0.3 is 0 Å². The molecule has 4 heteroatoms. The van der Waals surface area contributed by atoms with E-state index in [2.05, 4.69) is 366 Å². The lowest BCUT2D eigenvalue weighted by molar-refractivity contribution is 0.669. The molecule has 0 aliphatic rings. The van der Waals surface area contributed by atoms with Crippen molar-refractivity contribution in [2.45, 2.75) is 0 Å². The molecular formula is C92H59N3O. The first kappa shape index (κ1) is 54.9. The lowest BCUT2D eigenvalue weighted by Gasteiger charge is -2.28. The fourth-order valence-corrected chi connectivity index (χ4v) is 15.2. The van der Waals surface area contributed by atoms with Crippen LogP contribution < -0.4 is 4.90 Å². The summed E-state index contributed by atoms with van der Waals surface area (Å²) in [4.78, 5) is 2.44. The van der Waals surface area contributed by atoms with Gasteiger partial charge in [-0.2, -0.15) is 0 Å². The van der Waals surface area contributed by atoms with Crippen LogP contribution in [0, 0.1) is 0 Å². The maximum absolute atomic E-state index is 6.45. The van der Waals surface area contributed by atoms with Gasteiger partial charge in [0.1, 0.15) is 11.2 Å². The average molecular weight is 1220 g/mol. The number of anilines is 3. The molecule has 19 rings (SSSR count). The summed E-state index contributed by atoms with van der Waals surface area (Å²) in [6, 6.07) is 131. The zero-order valence-electron chi connectivity index (χ0n) is 52.3. The first-order valence-corrected chi connectivity index (χ1v) is 32.9. The van der Waals surface area contributed by atoms with Gasteiger partial charge in [0.2, 0.25) is 0 Å².